The monoisotopic (exact) mass is 715 g/mol. The molecule has 0 unspecified atom stereocenters. The molecule has 1 nitrogen and oxygen atoms in total. The molecule has 266 valence electrons. The molecule has 0 heterocycles. The SMILES string of the molecule is CC1(C)c2ccccc2-c2ccc(N(c3ccc(-c4ccccc4)c(-c4ccccc4)c3)c3cc(-c4ccccc4)c(-c4ccccc4)c4ccccc34)cc21. The average molecular weight is 716 g/mol. The van der Waals surface area contributed by atoms with Crippen molar-refractivity contribution in [3.63, 3.8) is 0 Å². The normalized spacial score (nSPS) is 12.6. The van der Waals surface area contributed by atoms with Crippen LogP contribution in [0.2, 0.25) is 0 Å². The van der Waals surface area contributed by atoms with Crippen LogP contribution >= 0.6 is 0 Å². The lowest BCUT2D eigenvalue weighted by molar-refractivity contribution is 0.660. The highest BCUT2D eigenvalue weighted by Gasteiger charge is 2.36. The molecule has 0 bridgehead atoms. The number of nitrogens with zero attached hydrogens (tertiary/aromatic N) is 1. The van der Waals surface area contributed by atoms with E-state index in [0.717, 1.165) is 17.1 Å². The maximum Gasteiger partial charge on any atom is 0.0546 e. The predicted molar refractivity (Wildman–Crippen MR) is 238 cm³/mol. The first-order valence-corrected chi connectivity index (χ1v) is 19.5. The van der Waals surface area contributed by atoms with Gasteiger partial charge < -0.3 is 4.90 Å². The minimum absolute atomic E-state index is 0.144. The van der Waals surface area contributed by atoms with Crippen molar-refractivity contribution in [2.45, 2.75) is 19.3 Å². The van der Waals surface area contributed by atoms with E-state index in [-0.39, 0.29) is 5.41 Å². The maximum atomic E-state index is 2.50. The Morgan fingerprint density at radius 3 is 1.43 bits per heavy atom. The van der Waals surface area contributed by atoms with E-state index in [1.165, 1.54) is 77.5 Å². The van der Waals surface area contributed by atoms with Gasteiger partial charge in [0.25, 0.3) is 0 Å². The van der Waals surface area contributed by atoms with Gasteiger partial charge in [0, 0.05) is 22.2 Å². The summed E-state index contributed by atoms with van der Waals surface area (Å²) in [6.07, 6.45) is 0. The van der Waals surface area contributed by atoms with Gasteiger partial charge in [-0.05, 0) is 102 Å². The van der Waals surface area contributed by atoms with Crippen molar-refractivity contribution < 1.29 is 0 Å². The number of hydrogen-bond acceptors (Lipinski definition) is 1. The fourth-order valence-corrected chi connectivity index (χ4v) is 8.96. The molecule has 56 heavy (non-hydrogen) atoms. The summed E-state index contributed by atoms with van der Waals surface area (Å²) in [6.45, 7) is 4.73. The molecule has 0 amide bonds. The predicted octanol–water partition coefficient (Wildman–Crippen LogP) is 15.3. The second-order valence-corrected chi connectivity index (χ2v) is 15.3. The first-order chi connectivity index (χ1) is 27.6. The Morgan fingerprint density at radius 2 is 0.786 bits per heavy atom. The van der Waals surface area contributed by atoms with Crippen LogP contribution in [0.15, 0.2) is 212 Å². The third-order valence-corrected chi connectivity index (χ3v) is 11.7. The number of hydrogen-bond donors (Lipinski definition) is 0. The molecule has 1 aliphatic rings. The van der Waals surface area contributed by atoms with E-state index in [1.54, 1.807) is 0 Å². The second kappa shape index (κ2) is 13.7. The molecule has 1 aliphatic carbocycles. The fourth-order valence-electron chi connectivity index (χ4n) is 8.96. The van der Waals surface area contributed by atoms with E-state index in [2.05, 4.69) is 231 Å². The molecule has 0 atom stereocenters. The topological polar surface area (TPSA) is 3.24 Å². The minimum Gasteiger partial charge on any atom is -0.310 e. The van der Waals surface area contributed by atoms with E-state index < -0.39 is 0 Å². The standard InChI is InChI=1S/C55H41N/c1-55(2)51-30-18-17-27-45(51)46-34-32-43(36-52(46)55)56(42-31-33-44(38-19-7-3-8-20-38)49(35-42)39-21-9-4-10-22-39)53-37-50(40-23-11-5-12-24-40)54(41-25-13-6-14-26-41)48-29-16-15-28-47(48)53/h3-37H,1-2H3. The third kappa shape index (κ3) is 5.63. The van der Waals surface area contributed by atoms with Gasteiger partial charge in [-0.15, -0.1) is 0 Å². The molecule has 9 aromatic carbocycles. The molecule has 0 spiro atoms. The van der Waals surface area contributed by atoms with Crippen LogP contribution in [-0.2, 0) is 5.41 Å². The van der Waals surface area contributed by atoms with Crippen LogP contribution in [0, 0.1) is 0 Å². The quantitative estimate of drug-likeness (QED) is 0.159. The highest BCUT2D eigenvalue weighted by Crippen LogP contribution is 2.52. The molecule has 10 rings (SSSR count). The zero-order valence-electron chi connectivity index (χ0n) is 31.7. The smallest absolute Gasteiger partial charge is 0.0546 e. The molecule has 0 saturated carbocycles. The summed E-state index contributed by atoms with van der Waals surface area (Å²) >= 11 is 0. The number of rotatable bonds is 7. The molecule has 0 fully saturated rings. The van der Waals surface area contributed by atoms with Crippen molar-refractivity contribution in [2.24, 2.45) is 0 Å². The van der Waals surface area contributed by atoms with Gasteiger partial charge >= 0.3 is 0 Å². The molecule has 0 radical (unpaired) electrons. The highest BCUT2D eigenvalue weighted by molar-refractivity contribution is 6.12. The summed E-state index contributed by atoms with van der Waals surface area (Å²) in [4.78, 5) is 2.50. The summed E-state index contributed by atoms with van der Waals surface area (Å²) < 4.78 is 0. The van der Waals surface area contributed by atoms with E-state index in [0.29, 0.717) is 0 Å². The summed E-state index contributed by atoms with van der Waals surface area (Å²) in [5, 5.41) is 2.42. The summed E-state index contributed by atoms with van der Waals surface area (Å²) in [5.74, 6) is 0. The van der Waals surface area contributed by atoms with Gasteiger partial charge in [0.15, 0.2) is 0 Å². The van der Waals surface area contributed by atoms with Crippen LogP contribution in [0.1, 0.15) is 25.0 Å². The number of benzene rings is 9. The van der Waals surface area contributed by atoms with Crippen molar-refractivity contribution in [2.75, 3.05) is 4.90 Å². The van der Waals surface area contributed by atoms with Gasteiger partial charge in [0.2, 0.25) is 0 Å². The van der Waals surface area contributed by atoms with Crippen LogP contribution in [-0.4, -0.2) is 0 Å². The summed E-state index contributed by atoms with van der Waals surface area (Å²) in [6, 6.07) is 77.7. The van der Waals surface area contributed by atoms with Gasteiger partial charge in [-0.3, -0.25) is 0 Å². The van der Waals surface area contributed by atoms with Crippen molar-refractivity contribution in [3.05, 3.63) is 223 Å². The first kappa shape index (κ1) is 33.6. The van der Waals surface area contributed by atoms with E-state index in [4.69, 9.17) is 0 Å². The Kier molecular flexibility index (Phi) is 8.23. The van der Waals surface area contributed by atoms with Crippen LogP contribution in [0.5, 0.6) is 0 Å². The lowest BCUT2D eigenvalue weighted by atomic mass is 9.82. The van der Waals surface area contributed by atoms with Crippen LogP contribution in [0.25, 0.3) is 66.4 Å². The van der Waals surface area contributed by atoms with Crippen LogP contribution in [0.4, 0.5) is 17.1 Å². The molecule has 0 saturated heterocycles. The third-order valence-electron chi connectivity index (χ3n) is 11.7. The van der Waals surface area contributed by atoms with Crippen molar-refractivity contribution in [1.29, 1.82) is 0 Å². The molecule has 1 heteroatoms. The Morgan fingerprint density at radius 1 is 0.321 bits per heavy atom. The van der Waals surface area contributed by atoms with Crippen LogP contribution in [0.3, 0.4) is 0 Å². The Bertz CT molecular complexity index is 2860. The van der Waals surface area contributed by atoms with Gasteiger partial charge in [-0.2, -0.15) is 0 Å². The summed E-state index contributed by atoms with van der Waals surface area (Å²) in [5.41, 5.74) is 18.2. The van der Waals surface area contributed by atoms with Gasteiger partial charge in [0.1, 0.15) is 0 Å². The molecular weight excluding hydrogens is 675 g/mol. The first-order valence-electron chi connectivity index (χ1n) is 19.5. The van der Waals surface area contributed by atoms with E-state index in [9.17, 15) is 0 Å². The van der Waals surface area contributed by atoms with Crippen molar-refractivity contribution >= 4 is 27.8 Å². The lowest BCUT2D eigenvalue weighted by Gasteiger charge is -2.31. The van der Waals surface area contributed by atoms with Crippen LogP contribution < -0.4 is 4.90 Å². The van der Waals surface area contributed by atoms with Crippen molar-refractivity contribution in [3.8, 4) is 55.6 Å². The maximum absolute atomic E-state index is 2.50. The molecular formula is C55H41N. The second-order valence-electron chi connectivity index (χ2n) is 15.3. The molecule has 9 aromatic rings. The average Bonchev–Trinajstić information content (AvgIpc) is 3.50. The zero-order valence-corrected chi connectivity index (χ0v) is 31.7. The fraction of sp³-hybridized carbons (Fsp3) is 0.0545. The van der Waals surface area contributed by atoms with E-state index >= 15 is 0 Å². The Labute approximate surface area is 329 Å². The number of anilines is 3. The minimum atomic E-state index is -0.144. The Balaban J connectivity index is 1.29. The van der Waals surface area contributed by atoms with Crippen molar-refractivity contribution in [1.82, 2.24) is 0 Å². The lowest BCUT2D eigenvalue weighted by Crippen LogP contribution is -2.17. The molecule has 0 aliphatic heterocycles. The summed E-state index contributed by atoms with van der Waals surface area (Å²) in [7, 11) is 0. The van der Waals surface area contributed by atoms with Gasteiger partial charge in [-0.1, -0.05) is 196 Å². The highest BCUT2D eigenvalue weighted by atomic mass is 15.1. The Hall–Kier alpha value is -6.96. The zero-order chi connectivity index (χ0) is 37.6. The molecule has 0 N–H and O–H groups in total. The number of fused-ring (bicyclic) bond motifs is 4. The molecule has 0 aromatic heterocycles. The largest absolute Gasteiger partial charge is 0.310 e. The van der Waals surface area contributed by atoms with Gasteiger partial charge in [0.05, 0.1) is 5.69 Å². The van der Waals surface area contributed by atoms with E-state index in [1.807, 2.05) is 0 Å². The van der Waals surface area contributed by atoms with Gasteiger partial charge in [-0.25, -0.2) is 0 Å².